The van der Waals surface area contributed by atoms with E-state index < -0.39 is 0 Å². The summed E-state index contributed by atoms with van der Waals surface area (Å²) in [6, 6.07) is 5.91. The maximum absolute atomic E-state index is 12.9. The molecule has 0 saturated heterocycles. The first kappa shape index (κ1) is 9.90. The van der Waals surface area contributed by atoms with E-state index in [2.05, 4.69) is 0 Å². The number of furan rings is 1. The van der Waals surface area contributed by atoms with Gasteiger partial charge in [-0.05, 0) is 24.6 Å². The van der Waals surface area contributed by atoms with Crippen LogP contribution in [0.5, 0.6) is 0 Å². The van der Waals surface area contributed by atoms with Crippen LogP contribution in [0.1, 0.15) is 30.3 Å². The Kier molecular flexibility index (Phi) is 2.54. The zero-order valence-corrected chi connectivity index (χ0v) is 8.42. The average Bonchev–Trinajstić information content (AvgIpc) is 2.60. The lowest BCUT2D eigenvalue weighted by Crippen LogP contribution is -1.94. The first-order valence-corrected chi connectivity index (χ1v) is 4.93. The summed E-state index contributed by atoms with van der Waals surface area (Å²) >= 11 is 0. The number of ketones is 1. The lowest BCUT2D eigenvalue weighted by atomic mass is 10.2. The number of Topliss-reactive ketones (excluding diaryl/α,β-unsaturated/α-hetero) is 1. The van der Waals surface area contributed by atoms with E-state index in [9.17, 15) is 9.18 Å². The quantitative estimate of drug-likeness (QED) is 0.719. The van der Waals surface area contributed by atoms with Gasteiger partial charge in [-0.2, -0.15) is 0 Å². The molecule has 0 saturated carbocycles. The zero-order valence-electron chi connectivity index (χ0n) is 8.42. The molecule has 0 N–H and O–H groups in total. The van der Waals surface area contributed by atoms with Crippen molar-refractivity contribution >= 4 is 16.8 Å². The third-order valence-electron chi connectivity index (χ3n) is 2.23. The summed E-state index contributed by atoms with van der Waals surface area (Å²) in [6.45, 7) is 1.93. The molecule has 0 fully saturated rings. The molecule has 0 spiro atoms. The number of fused-ring (bicyclic) bond motifs is 1. The molecule has 0 aliphatic rings. The first-order valence-electron chi connectivity index (χ1n) is 4.93. The normalized spacial score (nSPS) is 10.8. The summed E-state index contributed by atoms with van der Waals surface area (Å²) < 4.78 is 18.1. The number of benzene rings is 1. The highest BCUT2D eigenvalue weighted by Crippen LogP contribution is 2.21. The molecule has 0 unspecified atom stereocenters. The Morgan fingerprint density at radius 2 is 2.20 bits per heavy atom. The van der Waals surface area contributed by atoms with Crippen molar-refractivity contribution in [2.24, 2.45) is 0 Å². The molecule has 0 amide bonds. The van der Waals surface area contributed by atoms with E-state index in [1.807, 2.05) is 6.92 Å². The fourth-order valence-electron chi connectivity index (χ4n) is 1.49. The number of carbonyl (C=O) groups excluding carboxylic acids is 1. The molecule has 0 aliphatic carbocycles. The summed E-state index contributed by atoms with van der Waals surface area (Å²) in [5, 5.41) is 0.760. The molecule has 2 nitrogen and oxygen atoms in total. The van der Waals surface area contributed by atoms with Crippen molar-refractivity contribution in [3.05, 3.63) is 35.8 Å². The van der Waals surface area contributed by atoms with E-state index in [-0.39, 0.29) is 11.6 Å². The molecule has 15 heavy (non-hydrogen) atoms. The number of hydrogen-bond donors (Lipinski definition) is 0. The average molecular weight is 206 g/mol. The molecular weight excluding hydrogens is 195 g/mol. The van der Waals surface area contributed by atoms with E-state index in [0.29, 0.717) is 17.8 Å². The van der Waals surface area contributed by atoms with Gasteiger partial charge in [0.25, 0.3) is 0 Å². The van der Waals surface area contributed by atoms with Gasteiger partial charge < -0.3 is 4.42 Å². The van der Waals surface area contributed by atoms with Crippen LogP contribution in [0, 0.1) is 5.82 Å². The Balaban J connectivity index is 2.42. The lowest BCUT2D eigenvalue weighted by molar-refractivity contribution is 0.0957. The second kappa shape index (κ2) is 3.85. The van der Waals surface area contributed by atoms with E-state index in [1.165, 1.54) is 12.1 Å². The maximum Gasteiger partial charge on any atom is 0.198 e. The van der Waals surface area contributed by atoms with Crippen LogP contribution < -0.4 is 0 Å². The predicted molar refractivity (Wildman–Crippen MR) is 55.4 cm³/mol. The molecule has 78 valence electrons. The van der Waals surface area contributed by atoms with Gasteiger partial charge in [0, 0.05) is 17.9 Å². The largest absolute Gasteiger partial charge is 0.453 e. The highest BCUT2D eigenvalue weighted by Gasteiger charge is 2.11. The fourth-order valence-corrected chi connectivity index (χ4v) is 1.49. The highest BCUT2D eigenvalue weighted by atomic mass is 19.1. The molecule has 0 atom stereocenters. The van der Waals surface area contributed by atoms with E-state index >= 15 is 0 Å². The van der Waals surface area contributed by atoms with Crippen molar-refractivity contribution in [2.75, 3.05) is 0 Å². The van der Waals surface area contributed by atoms with Crippen LogP contribution in [0.15, 0.2) is 28.7 Å². The number of hydrogen-bond acceptors (Lipinski definition) is 2. The van der Waals surface area contributed by atoms with Crippen molar-refractivity contribution in [3.63, 3.8) is 0 Å². The van der Waals surface area contributed by atoms with Crippen LogP contribution in [-0.2, 0) is 0 Å². The summed E-state index contributed by atoms with van der Waals surface area (Å²) in [6.07, 6.45) is 1.24. The molecular formula is C12H11FO2. The lowest BCUT2D eigenvalue weighted by Gasteiger charge is -1.91. The van der Waals surface area contributed by atoms with Crippen molar-refractivity contribution < 1.29 is 13.6 Å². The van der Waals surface area contributed by atoms with Crippen molar-refractivity contribution in [3.8, 4) is 0 Å². The van der Waals surface area contributed by atoms with E-state index in [4.69, 9.17) is 4.42 Å². The Labute approximate surface area is 86.7 Å². The molecule has 0 bridgehead atoms. The van der Waals surface area contributed by atoms with Crippen molar-refractivity contribution in [1.82, 2.24) is 0 Å². The summed E-state index contributed by atoms with van der Waals surface area (Å²) in [7, 11) is 0. The number of rotatable bonds is 3. The van der Waals surface area contributed by atoms with Gasteiger partial charge in [-0.3, -0.25) is 4.79 Å². The molecule has 3 heteroatoms. The summed E-state index contributed by atoms with van der Waals surface area (Å²) in [5.41, 5.74) is 0.425. The van der Waals surface area contributed by atoms with Gasteiger partial charge in [0.15, 0.2) is 11.5 Å². The van der Waals surface area contributed by atoms with Gasteiger partial charge in [-0.1, -0.05) is 6.92 Å². The smallest absolute Gasteiger partial charge is 0.198 e. The second-order valence-electron chi connectivity index (χ2n) is 3.47. The molecule has 1 heterocycles. The SMILES string of the molecule is CCCC(=O)c1cc2ccc(F)cc2o1. The molecule has 2 rings (SSSR count). The minimum Gasteiger partial charge on any atom is -0.453 e. The van der Waals surface area contributed by atoms with Crippen LogP contribution in [0.4, 0.5) is 4.39 Å². The minimum atomic E-state index is -0.355. The summed E-state index contributed by atoms with van der Waals surface area (Å²) in [5.74, 6) is -0.0714. The third-order valence-corrected chi connectivity index (χ3v) is 2.23. The molecule has 2 aromatic rings. The van der Waals surface area contributed by atoms with Gasteiger partial charge in [-0.25, -0.2) is 4.39 Å². The van der Waals surface area contributed by atoms with Crippen LogP contribution >= 0.6 is 0 Å². The van der Waals surface area contributed by atoms with Crippen LogP contribution in [0.3, 0.4) is 0 Å². The minimum absolute atomic E-state index is 0.0332. The Bertz CT molecular complexity index is 499. The first-order chi connectivity index (χ1) is 7.20. The summed E-state index contributed by atoms with van der Waals surface area (Å²) in [4.78, 5) is 11.5. The highest BCUT2D eigenvalue weighted by molar-refractivity contribution is 5.97. The van der Waals surface area contributed by atoms with Gasteiger partial charge in [0.2, 0.25) is 0 Å². The molecule has 0 radical (unpaired) electrons. The topological polar surface area (TPSA) is 30.2 Å². The van der Waals surface area contributed by atoms with Crippen LogP contribution in [-0.4, -0.2) is 5.78 Å². The standard InChI is InChI=1S/C12H11FO2/c1-2-3-10(14)12-6-8-4-5-9(13)7-11(8)15-12/h4-7H,2-3H2,1H3. The molecule has 1 aromatic carbocycles. The van der Waals surface area contributed by atoms with Crippen LogP contribution in [0.25, 0.3) is 11.0 Å². The van der Waals surface area contributed by atoms with Crippen molar-refractivity contribution in [1.29, 1.82) is 0 Å². The van der Waals surface area contributed by atoms with E-state index in [1.54, 1.807) is 12.1 Å². The van der Waals surface area contributed by atoms with Gasteiger partial charge in [-0.15, -0.1) is 0 Å². The predicted octanol–water partition coefficient (Wildman–Crippen LogP) is 3.55. The van der Waals surface area contributed by atoms with Gasteiger partial charge in [0.05, 0.1) is 0 Å². The Hall–Kier alpha value is -1.64. The van der Waals surface area contributed by atoms with Crippen LogP contribution in [0.2, 0.25) is 0 Å². The van der Waals surface area contributed by atoms with Gasteiger partial charge >= 0.3 is 0 Å². The zero-order chi connectivity index (χ0) is 10.8. The monoisotopic (exact) mass is 206 g/mol. The molecule has 1 aromatic heterocycles. The number of halogens is 1. The number of carbonyl (C=O) groups is 1. The second-order valence-corrected chi connectivity index (χ2v) is 3.47. The Morgan fingerprint density at radius 3 is 2.93 bits per heavy atom. The molecule has 0 aliphatic heterocycles. The maximum atomic E-state index is 12.9. The third kappa shape index (κ3) is 1.91. The van der Waals surface area contributed by atoms with E-state index in [0.717, 1.165) is 11.8 Å². The Morgan fingerprint density at radius 1 is 1.40 bits per heavy atom. The fraction of sp³-hybridized carbons (Fsp3) is 0.250. The van der Waals surface area contributed by atoms with Gasteiger partial charge in [0.1, 0.15) is 11.4 Å². The van der Waals surface area contributed by atoms with Crippen molar-refractivity contribution in [2.45, 2.75) is 19.8 Å².